The Morgan fingerprint density at radius 2 is 1.06 bits per heavy atom. The Hall–Kier alpha value is 2.06. The lowest BCUT2D eigenvalue weighted by Gasteiger charge is -2.34. The molecule has 0 radical (unpaired) electrons. The highest BCUT2D eigenvalue weighted by molar-refractivity contribution is 6.65. The molecule has 0 aromatic rings. The zero-order chi connectivity index (χ0) is 13.2. The lowest BCUT2D eigenvalue weighted by Crippen LogP contribution is -2.45. The third-order valence-corrected chi connectivity index (χ3v) is 8.60. The second-order valence-electron chi connectivity index (χ2n) is 4.15. The molecule has 0 N–H and O–H groups in total. The molecule has 0 amide bonds. The van der Waals surface area contributed by atoms with Crippen LogP contribution in [0.3, 0.4) is 0 Å². The Morgan fingerprint density at radius 1 is 0.765 bits per heavy atom. The van der Waals surface area contributed by atoms with Gasteiger partial charge in [-0.25, -0.2) is 0 Å². The molecule has 2 aliphatic rings. The van der Waals surface area contributed by atoms with Crippen LogP contribution >= 0.6 is 92.8 Å². The second-order valence-corrected chi connectivity index (χ2v) is 8.04. The van der Waals surface area contributed by atoms with Crippen molar-refractivity contribution in [3.8, 4) is 0 Å². The molecule has 1 fully saturated rings. The summed E-state index contributed by atoms with van der Waals surface area (Å²) < 4.78 is -1.55. The Bertz CT molecular complexity index is 356. The SMILES string of the molecule is ClC[C@@H]1[C@@H](CCl)[C@@]2(Cl)C(Cl)=C(Cl)[C@]1(Cl)C2(Cl)Cl. The molecule has 1 saturated carbocycles. The number of hydrogen-bond acceptors (Lipinski definition) is 0. The summed E-state index contributed by atoms with van der Waals surface area (Å²) in [7, 11) is 0. The molecule has 2 aliphatic carbocycles. The number of alkyl halides is 6. The topological polar surface area (TPSA) is 0 Å². The molecular formula is C9H6Cl8. The van der Waals surface area contributed by atoms with Gasteiger partial charge in [-0.15, -0.1) is 46.4 Å². The Labute approximate surface area is 139 Å². The maximum atomic E-state index is 6.50. The van der Waals surface area contributed by atoms with Crippen molar-refractivity contribution >= 4 is 92.8 Å². The van der Waals surface area contributed by atoms with E-state index in [1.54, 1.807) is 0 Å². The molecule has 0 aromatic carbocycles. The van der Waals surface area contributed by atoms with Gasteiger partial charge < -0.3 is 0 Å². The normalized spacial score (nSPS) is 48.0. The lowest BCUT2D eigenvalue weighted by molar-refractivity contribution is 0.391. The van der Waals surface area contributed by atoms with Gasteiger partial charge in [0.25, 0.3) is 0 Å². The first kappa shape index (κ1) is 15.4. The summed E-state index contributed by atoms with van der Waals surface area (Å²) in [6.07, 6.45) is 0. The van der Waals surface area contributed by atoms with Crippen molar-refractivity contribution in [2.24, 2.45) is 11.8 Å². The maximum Gasteiger partial charge on any atom is 0.166 e. The van der Waals surface area contributed by atoms with Crippen molar-refractivity contribution in [3.05, 3.63) is 10.1 Å². The van der Waals surface area contributed by atoms with Crippen LogP contribution in [0.2, 0.25) is 0 Å². The zero-order valence-electron chi connectivity index (χ0n) is 8.09. The van der Waals surface area contributed by atoms with Crippen molar-refractivity contribution in [2.45, 2.75) is 14.1 Å². The van der Waals surface area contributed by atoms with E-state index >= 15 is 0 Å². The first-order valence-electron chi connectivity index (χ1n) is 4.65. The smallest absolute Gasteiger partial charge is 0.126 e. The Kier molecular flexibility index (Phi) is 4.12. The second kappa shape index (κ2) is 4.53. The van der Waals surface area contributed by atoms with Crippen molar-refractivity contribution < 1.29 is 0 Å². The average Bonchev–Trinajstić information content (AvgIpc) is 2.48. The minimum Gasteiger partial charge on any atom is -0.126 e. The quantitative estimate of drug-likeness (QED) is 0.536. The van der Waals surface area contributed by atoms with Gasteiger partial charge in [0.05, 0.1) is 10.1 Å². The molecular weight excluding hydrogens is 392 g/mol. The average molecular weight is 398 g/mol. The summed E-state index contributed by atoms with van der Waals surface area (Å²) in [5, 5.41) is 0.320. The largest absolute Gasteiger partial charge is 0.166 e. The number of fused-ring (bicyclic) bond motifs is 2. The van der Waals surface area contributed by atoms with Gasteiger partial charge in [0.2, 0.25) is 0 Å². The highest BCUT2D eigenvalue weighted by Crippen LogP contribution is 2.76. The van der Waals surface area contributed by atoms with E-state index in [9.17, 15) is 0 Å². The number of halogens is 8. The van der Waals surface area contributed by atoms with Gasteiger partial charge in [-0.1, -0.05) is 46.4 Å². The van der Waals surface area contributed by atoms with Crippen molar-refractivity contribution in [1.82, 2.24) is 0 Å². The molecule has 17 heavy (non-hydrogen) atoms. The highest BCUT2D eigenvalue weighted by atomic mass is 35.5. The molecule has 0 nitrogen and oxygen atoms in total. The molecule has 0 saturated heterocycles. The third-order valence-electron chi connectivity index (χ3n) is 3.59. The van der Waals surface area contributed by atoms with Crippen LogP contribution in [0.15, 0.2) is 10.1 Å². The standard InChI is InChI=1S/C9H6Cl8/c10-1-3-4(2-11)8(15)6(13)5(12)7(3,14)9(8,16)17/h3-4H,1-2H2/t3-,4-,7-,8+/m1/s1. The van der Waals surface area contributed by atoms with Gasteiger partial charge in [0.1, 0.15) is 9.75 Å². The molecule has 2 bridgehead atoms. The molecule has 0 aliphatic heterocycles. The van der Waals surface area contributed by atoms with Crippen molar-refractivity contribution in [3.63, 3.8) is 0 Å². The first-order chi connectivity index (χ1) is 7.71. The third kappa shape index (κ3) is 1.48. The van der Waals surface area contributed by atoms with Crippen LogP contribution in [0.1, 0.15) is 0 Å². The van der Waals surface area contributed by atoms with Crippen molar-refractivity contribution in [2.75, 3.05) is 11.8 Å². The van der Waals surface area contributed by atoms with E-state index in [1.165, 1.54) is 0 Å². The van der Waals surface area contributed by atoms with Gasteiger partial charge in [0, 0.05) is 23.6 Å². The van der Waals surface area contributed by atoms with E-state index in [-0.39, 0.29) is 33.7 Å². The maximum absolute atomic E-state index is 6.50. The summed E-state index contributed by atoms with van der Waals surface area (Å²) in [5.41, 5.74) is 0. The highest BCUT2D eigenvalue weighted by Gasteiger charge is 2.81. The Balaban J connectivity index is 2.72. The van der Waals surface area contributed by atoms with Gasteiger partial charge >= 0.3 is 0 Å². The molecule has 4 atom stereocenters. The molecule has 0 aromatic heterocycles. The summed E-state index contributed by atoms with van der Waals surface area (Å²) in [4.78, 5) is -2.59. The van der Waals surface area contributed by atoms with Crippen LogP contribution in [-0.4, -0.2) is 25.8 Å². The monoisotopic (exact) mass is 394 g/mol. The predicted octanol–water partition coefficient (Wildman–Crippen LogP) is 5.54. The predicted molar refractivity (Wildman–Crippen MR) is 78.8 cm³/mol. The minimum atomic E-state index is -1.55. The summed E-state index contributed by atoms with van der Waals surface area (Å²) >= 11 is 49.8. The van der Waals surface area contributed by atoms with Gasteiger partial charge in [-0.2, -0.15) is 0 Å². The molecule has 8 heteroatoms. The van der Waals surface area contributed by atoms with Crippen LogP contribution in [0.5, 0.6) is 0 Å². The summed E-state index contributed by atoms with van der Waals surface area (Å²) in [5.74, 6) is -0.301. The zero-order valence-corrected chi connectivity index (χ0v) is 14.1. The number of rotatable bonds is 2. The fourth-order valence-corrected chi connectivity index (χ4v) is 6.77. The van der Waals surface area contributed by atoms with Gasteiger partial charge in [-0.05, 0) is 0 Å². The van der Waals surface area contributed by atoms with Crippen LogP contribution in [-0.2, 0) is 0 Å². The van der Waals surface area contributed by atoms with Crippen LogP contribution in [0.4, 0.5) is 0 Å². The van der Waals surface area contributed by atoms with Gasteiger partial charge in [0.15, 0.2) is 4.33 Å². The van der Waals surface area contributed by atoms with Crippen LogP contribution < -0.4 is 0 Å². The molecule has 0 unspecified atom stereocenters. The summed E-state index contributed by atoms with van der Waals surface area (Å²) in [6.45, 7) is 0. The molecule has 0 heterocycles. The molecule has 2 rings (SSSR count). The fraction of sp³-hybridized carbons (Fsp3) is 0.778. The van der Waals surface area contributed by atoms with E-state index in [2.05, 4.69) is 0 Å². The van der Waals surface area contributed by atoms with E-state index in [0.29, 0.717) is 0 Å². The van der Waals surface area contributed by atoms with E-state index < -0.39 is 14.1 Å². The van der Waals surface area contributed by atoms with E-state index in [0.717, 1.165) is 0 Å². The first-order valence-corrected chi connectivity index (χ1v) is 7.98. The molecule has 0 spiro atoms. The number of allylic oxidation sites excluding steroid dienone is 2. The van der Waals surface area contributed by atoms with Crippen molar-refractivity contribution in [1.29, 1.82) is 0 Å². The summed E-state index contributed by atoms with van der Waals surface area (Å²) in [6, 6.07) is 0. The number of hydrogen-bond donors (Lipinski definition) is 0. The van der Waals surface area contributed by atoms with Crippen LogP contribution in [0, 0.1) is 11.8 Å². The van der Waals surface area contributed by atoms with Crippen LogP contribution in [0.25, 0.3) is 0 Å². The Morgan fingerprint density at radius 3 is 1.29 bits per heavy atom. The van der Waals surface area contributed by atoms with E-state index in [4.69, 9.17) is 92.8 Å². The lowest BCUT2D eigenvalue weighted by atomic mass is 9.84. The fourth-order valence-electron chi connectivity index (χ4n) is 2.63. The molecule has 98 valence electrons. The van der Waals surface area contributed by atoms with E-state index in [1.807, 2.05) is 0 Å². The minimum absolute atomic E-state index is 0.160. The van der Waals surface area contributed by atoms with Gasteiger partial charge in [-0.3, -0.25) is 0 Å².